The first-order chi connectivity index (χ1) is 18.8. The lowest BCUT2D eigenvalue weighted by atomic mass is 9.68. The molecule has 5 fully saturated rings. The van der Waals surface area contributed by atoms with Crippen molar-refractivity contribution in [2.24, 2.45) is 28.6 Å². The van der Waals surface area contributed by atoms with Crippen LogP contribution in [0.2, 0.25) is 0 Å². The minimum absolute atomic E-state index is 0.113. The third kappa shape index (κ3) is 4.14. The van der Waals surface area contributed by atoms with E-state index in [1.165, 1.54) is 44.2 Å². The average Bonchev–Trinajstić information content (AvgIpc) is 3.68. The lowest BCUT2D eigenvalue weighted by molar-refractivity contribution is 0.00518. The number of amides is 1. The van der Waals surface area contributed by atoms with Gasteiger partial charge in [-0.2, -0.15) is 0 Å². The molecule has 0 spiro atoms. The standard InChI is InChI=1S/C32H44N6O/c1-31(2)23-10-12-32(31,3)28(20-23)38(27-19-21-4-5-22(27)18-21)29(39)26-11-13-34-30(36-26)35-24-6-8-25(9-7-24)37-16-14-33-15-17-37/h6-9,11,13,21-23,27-28,33H,4-5,10,12,14-20H2,1-3H3,(H,34,35,36). The Bertz CT molecular complexity index is 1220. The maximum Gasteiger partial charge on any atom is 0.273 e. The molecule has 39 heavy (non-hydrogen) atoms. The van der Waals surface area contributed by atoms with Crippen molar-refractivity contribution in [2.75, 3.05) is 36.4 Å². The monoisotopic (exact) mass is 528 g/mol. The summed E-state index contributed by atoms with van der Waals surface area (Å²) in [5.41, 5.74) is 3.12. The molecule has 0 radical (unpaired) electrons. The van der Waals surface area contributed by atoms with Gasteiger partial charge in [0, 0.05) is 55.8 Å². The molecule has 5 aliphatic rings. The number of nitrogens with zero attached hydrogens (tertiary/aromatic N) is 4. The van der Waals surface area contributed by atoms with Crippen LogP contribution in [0.4, 0.5) is 17.3 Å². The van der Waals surface area contributed by atoms with E-state index in [1.807, 2.05) is 6.07 Å². The summed E-state index contributed by atoms with van der Waals surface area (Å²) in [5.74, 6) is 2.75. The Morgan fingerprint density at radius 2 is 1.82 bits per heavy atom. The lowest BCUT2D eigenvalue weighted by Crippen LogP contribution is -2.55. The van der Waals surface area contributed by atoms with E-state index in [-0.39, 0.29) is 16.7 Å². The molecule has 1 saturated heterocycles. The van der Waals surface area contributed by atoms with Gasteiger partial charge in [-0.25, -0.2) is 9.97 Å². The lowest BCUT2D eigenvalue weighted by Gasteiger charge is -2.48. The summed E-state index contributed by atoms with van der Waals surface area (Å²) in [5, 5.41) is 6.76. The molecule has 4 bridgehead atoms. The van der Waals surface area contributed by atoms with Crippen molar-refractivity contribution < 1.29 is 4.79 Å². The molecule has 4 aliphatic carbocycles. The highest BCUT2D eigenvalue weighted by molar-refractivity contribution is 5.93. The van der Waals surface area contributed by atoms with E-state index in [9.17, 15) is 4.79 Å². The number of piperazine rings is 1. The van der Waals surface area contributed by atoms with Crippen molar-refractivity contribution in [3.8, 4) is 0 Å². The van der Waals surface area contributed by atoms with Crippen molar-refractivity contribution in [3.63, 3.8) is 0 Å². The minimum Gasteiger partial charge on any atom is -0.369 e. The molecule has 2 aromatic rings. The van der Waals surface area contributed by atoms with Crippen LogP contribution in [0.15, 0.2) is 36.5 Å². The summed E-state index contributed by atoms with van der Waals surface area (Å²) in [7, 11) is 0. The molecule has 1 amide bonds. The predicted molar refractivity (Wildman–Crippen MR) is 155 cm³/mol. The van der Waals surface area contributed by atoms with Gasteiger partial charge >= 0.3 is 0 Å². The number of fused-ring (bicyclic) bond motifs is 4. The normalized spacial score (nSPS) is 34.4. The van der Waals surface area contributed by atoms with Gasteiger partial charge in [0.15, 0.2) is 0 Å². The van der Waals surface area contributed by atoms with Gasteiger partial charge in [0.2, 0.25) is 5.95 Å². The van der Waals surface area contributed by atoms with Crippen LogP contribution in [0.25, 0.3) is 0 Å². The Labute approximate surface area is 233 Å². The van der Waals surface area contributed by atoms with Crippen molar-refractivity contribution >= 4 is 23.2 Å². The van der Waals surface area contributed by atoms with Crippen LogP contribution in [0.3, 0.4) is 0 Å². The van der Waals surface area contributed by atoms with Gasteiger partial charge in [-0.05, 0) is 97.4 Å². The van der Waals surface area contributed by atoms with Crippen molar-refractivity contribution in [3.05, 3.63) is 42.2 Å². The summed E-state index contributed by atoms with van der Waals surface area (Å²) in [6, 6.07) is 10.9. The van der Waals surface area contributed by atoms with Crippen molar-refractivity contribution in [1.29, 1.82) is 0 Å². The van der Waals surface area contributed by atoms with E-state index < -0.39 is 0 Å². The highest BCUT2D eigenvalue weighted by Gasteiger charge is 2.64. The minimum atomic E-state index is 0.113. The van der Waals surface area contributed by atoms with E-state index >= 15 is 0 Å². The molecule has 1 aromatic carbocycles. The molecule has 7 rings (SSSR count). The number of hydrogen-bond acceptors (Lipinski definition) is 6. The molecule has 2 N–H and O–H groups in total. The zero-order valence-corrected chi connectivity index (χ0v) is 23.8. The van der Waals surface area contributed by atoms with Crippen molar-refractivity contribution in [2.45, 2.75) is 77.8 Å². The molecule has 1 aromatic heterocycles. The fraction of sp³-hybridized carbons (Fsp3) is 0.656. The Morgan fingerprint density at radius 1 is 1.03 bits per heavy atom. The predicted octanol–water partition coefficient (Wildman–Crippen LogP) is 5.48. The second kappa shape index (κ2) is 9.46. The van der Waals surface area contributed by atoms with Gasteiger partial charge < -0.3 is 20.4 Å². The molecule has 6 atom stereocenters. The second-order valence-electron chi connectivity index (χ2n) is 13.8. The maximum atomic E-state index is 14.4. The van der Waals surface area contributed by atoms with Gasteiger partial charge in [-0.15, -0.1) is 0 Å². The van der Waals surface area contributed by atoms with E-state index in [1.54, 1.807) is 6.20 Å². The Kier molecular flexibility index (Phi) is 6.14. The van der Waals surface area contributed by atoms with Crippen LogP contribution in [-0.4, -0.2) is 59.0 Å². The number of benzene rings is 1. The van der Waals surface area contributed by atoms with Crippen LogP contribution >= 0.6 is 0 Å². The zero-order chi connectivity index (χ0) is 26.8. The molecular weight excluding hydrogens is 484 g/mol. The molecule has 208 valence electrons. The van der Waals surface area contributed by atoms with Crippen LogP contribution in [0.1, 0.15) is 76.2 Å². The smallest absolute Gasteiger partial charge is 0.273 e. The molecule has 7 nitrogen and oxygen atoms in total. The first-order valence-electron chi connectivity index (χ1n) is 15.3. The number of nitrogens with one attached hydrogen (secondary N) is 2. The first-order valence-corrected chi connectivity index (χ1v) is 15.3. The second-order valence-corrected chi connectivity index (χ2v) is 13.8. The first kappa shape index (κ1) is 25.3. The summed E-state index contributed by atoms with van der Waals surface area (Å²) < 4.78 is 0. The highest BCUT2D eigenvalue weighted by Crippen LogP contribution is 2.67. The highest BCUT2D eigenvalue weighted by atomic mass is 16.2. The summed E-state index contributed by atoms with van der Waals surface area (Å²) >= 11 is 0. The molecular formula is C32H44N6O. The number of hydrogen-bond donors (Lipinski definition) is 2. The van der Waals surface area contributed by atoms with E-state index in [2.05, 4.69) is 70.5 Å². The topological polar surface area (TPSA) is 73.4 Å². The van der Waals surface area contributed by atoms with E-state index in [0.717, 1.165) is 44.2 Å². The summed E-state index contributed by atoms with van der Waals surface area (Å²) in [4.78, 5) is 28.5. The summed E-state index contributed by atoms with van der Waals surface area (Å²) in [6.45, 7) is 11.5. The van der Waals surface area contributed by atoms with Gasteiger partial charge in [0.05, 0.1) is 0 Å². The molecule has 4 saturated carbocycles. The number of rotatable bonds is 6. The fourth-order valence-corrected chi connectivity index (χ4v) is 9.14. The van der Waals surface area contributed by atoms with E-state index in [0.29, 0.717) is 35.6 Å². The SMILES string of the molecule is CC1(C)C2CCC1(C)C(N(C(=O)c1ccnc(Nc3ccc(N4CCNCC4)cc3)n1)C1CC3CCC1C3)C2. The van der Waals surface area contributed by atoms with Crippen LogP contribution < -0.4 is 15.5 Å². The number of aromatic nitrogens is 2. The fourth-order valence-electron chi connectivity index (χ4n) is 9.14. The van der Waals surface area contributed by atoms with Gasteiger partial charge in [-0.1, -0.05) is 27.2 Å². The maximum absolute atomic E-state index is 14.4. The average molecular weight is 529 g/mol. The number of carbonyl (C=O) groups is 1. The molecule has 7 heteroatoms. The van der Waals surface area contributed by atoms with E-state index in [4.69, 9.17) is 4.98 Å². The van der Waals surface area contributed by atoms with Crippen LogP contribution in [0.5, 0.6) is 0 Å². The van der Waals surface area contributed by atoms with Gasteiger partial charge in [0.25, 0.3) is 5.91 Å². The quantitative estimate of drug-likeness (QED) is 0.518. The summed E-state index contributed by atoms with van der Waals surface area (Å²) in [6.07, 6.45) is 10.5. The Hall–Kier alpha value is -2.67. The molecule has 2 heterocycles. The Morgan fingerprint density at radius 3 is 2.46 bits per heavy atom. The van der Waals surface area contributed by atoms with Gasteiger partial charge in [-0.3, -0.25) is 4.79 Å². The Balaban J connectivity index is 1.14. The molecule has 1 aliphatic heterocycles. The molecule has 6 unspecified atom stereocenters. The third-order valence-corrected chi connectivity index (χ3v) is 11.9. The van der Waals surface area contributed by atoms with Crippen molar-refractivity contribution in [1.82, 2.24) is 20.2 Å². The van der Waals surface area contributed by atoms with Gasteiger partial charge in [0.1, 0.15) is 5.69 Å². The third-order valence-electron chi connectivity index (χ3n) is 11.9. The zero-order valence-electron chi connectivity index (χ0n) is 23.8. The van der Waals surface area contributed by atoms with Crippen LogP contribution in [-0.2, 0) is 0 Å². The largest absolute Gasteiger partial charge is 0.369 e. The number of anilines is 3. The van der Waals surface area contributed by atoms with Crippen LogP contribution in [0, 0.1) is 28.6 Å². The number of carbonyl (C=O) groups excluding carboxylic acids is 1.